The van der Waals surface area contributed by atoms with Gasteiger partial charge in [-0.25, -0.2) is 0 Å². The van der Waals surface area contributed by atoms with Gasteiger partial charge in [0.25, 0.3) is 0 Å². The van der Waals surface area contributed by atoms with Crippen LogP contribution in [0.4, 0.5) is 0 Å². The highest BCUT2D eigenvalue weighted by Gasteiger charge is 2.59. The van der Waals surface area contributed by atoms with Crippen molar-refractivity contribution in [1.82, 2.24) is 0 Å². The second kappa shape index (κ2) is 5.25. The minimum absolute atomic E-state index is 0.0370. The molecule has 2 rings (SSSR count). The van der Waals surface area contributed by atoms with Gasteiger partial charge >= 0.3 is 0 Å². The fraction of sp³-hybridized carbons (Fsp3) is 1.00. The van der Waals surface area contributed by atoms with Crippen LogP contribution in [0.15, 0.2) is 0 Å². The predicted molar refractivity (Wildman–Crippen MR) is 63.2 cm³/mol. The van der Waals surface area contributed by atoms with E-state index in [1.54, 1.807) is 13.8 Å². The number of aliphatic hydroxyl groups excluding tert-OH is 2. The second-order valence-electron chi connectivity index (χ2n) is 5.59. The highest BCUT2D eigenvalue weighted by atomic mass is 16.8. The van der Waals surface area contributed by atoms with E-state index >= 15 is 0 Å². The SMILES string of the molecule is COCOC1CC(O)(CO)C(O)C2OC(C)(C)OC12. The molecule has 7 nitrogen and oxygen atoms in total. The Kier molecular flexibility index (Phi) is 4.18. The summed E-state index contributed by atoms with van der Waals surface area (Å²) in [7, 11) is 1.49. The Balaban J connectivity index is 2.20. The first kappa shape index (κ1) is 15.1. The molecule has 1 saturated heterocycles. The van der Waals surface area contributed by atoms with Crippen molar-refractivity contribution in [1.29, 1.82) is 0 Å². The Labute approximate surface area is 112 Å². The van der Waals surface area contributed by atoms with E-state index in [-0.39, 0.29) is 13.2 Å². The summed E-state index contributed by atoms with van der Waals surface area (Å²) in [5, 5.41) is 29.8. The van der Waals surface area contributed by atoms with Gasteiger partial charge in [0, 0.05) is 13.5 Å². The van der Waals surface area contributed by atoms with Gasteiger partial charge in [-0.2, -0.15) is 0 Å². The van der Waals surface area contributed by atoms with Crippen molar-refractivity contribution in [3.63, 3.8) is 0 Å². The lowest BCUT2D eigenvalue weighted by atomic mass is 9.77. The van der Waals surface area contributed by atoms with Gasteiger partial charge in [-0.1, -0.05) is 0 Å². The molecule has 1 saturated carbocycles. The zero-order valence-electron chi connectivity index (χ0n) is 11.4. The topological polar surface area (TPSA) is 97.6 Å². The van der Waals surface area contributed by atoms with Crippen LogP contribution >= 0.6 is 0 Å². The first-order valence-corrected chi connectivity index (χ1v) is 6.30. The van der Waals surface area contributed by atoms with Gasteiger partial charge in [0.2, 0.25) is 0 Å². The van der Waals surface area contributed by atoms with E-state index < -0.39 is 42.4 Å². The Bertz CT molecular complexity index is 321. The zero-order valence-corrected chi connectivity index (χ0v) is 11.4. The molecule has 7 heteroatoms. The van der Waals surface area contributed by atoms with Crippen molar-refractivity contribution in [3.05, 3.63) is 0 Å². The van der Waals surface area contributed by atoms with E-state index in [2.05, 4.69) is 0 Å². The molecule has 2 fully saturated rings. The molecule has 1 heterocycles. The van der Waals surface area contributed by atoms with Crippen molar-refractivity contribution < 1.29 is 34.3 Å². The molecule has 19 heavy (non-hydrogen) atoms. The summed E-state index contributed by atoms with van der Waals surface area (Å²) in [4.78, 5) is 0. The van der Waals surface area contributed by atoms with Crippen molar-refractivity contribution >= 4 is 0 Å². The quantitative estimate of drug-likeness (QED) is 0.566. The van der Waals surface area contributed by atoms with E-state index in [9.17, 15) is 15.3 Å². The highest BCUT2D eigenvalue weighted by Crippen LogP contribution is 2.41. The summed E-state index contributed by atoms with van der Waals surface area (Å²) in [5.74, 6) is -0.869. The maximum atomic E-state index is 10.3. The molecule has 0 amide bonds. The third kappa shape index (κ3) is 2.78. The molecule has 3 N–H and O–H groups in total. The molecule has 0 aromatic heterocycles. The molecule has 112 valence electrons. The number of hydrogen-bond acceptors (Lipinski definition) is 7. The van der Waals surface area contributed by atoms with Crippen molar-refractivity contribution in [2.24, 2.45) is 0 Å². The zero-order chi connectivity index (χ0) is 14.3. The Morgan fingerprint density at radius 3 is 2.47 bits per heavy atom. The Morgan fingerprint density at radius 2 is 1.89 bits per heavy atom. The van der Waals surface area contributed by atoms with Crippen LogP contribution in [-0.2, 0) is 18.9 Å². The molecule has 0 spiro atoms. The van der Waals surface area contributed by atoms with Crippen LogP contribution in [0.3, 0.4) is 0 Å². The molecule has 2 aliphatic rings. The van der Waals surface area contributed by atoms with Gasteiger partial charge in [-0.15, -0.1) is 0 Å². The van der Waals surface area contributed by atoms with Crippen molar-refractivity contribution in [3.8, 4) is 0 Å². The number of methoxy groups -OCH3 is 1. The van der Waals surface area contributed by atoms with Crippen LogP contribution in [0.25, 0.3) is 0 Å². The molecule has 0 bridgehead atoms. The number of aliphatic hydroxyl groups is 3. The highest BCUT2D eigenvalue weighted by molar-refractivity contribution is 5.06. The molecular formula is C12H22O7. The summed E-state index contributed by atoms with van der Waals surface area (Å²) in [6.07, 6.45) is -2.96. The summed E-state index contributed by atoms with van der Waals surface area (Å²) in [6, 6.07) is 0. The van der Waals surface area contributed by atoms with Crippen LogP contribution in [-0.4, -0.2) is 71.6 Å². The van der Waals surface area contributed by atoms with Crippen molar-refractivity contribution in [2.45, 2.75) is 56.1 Å². The Hall–Kier alpha value is -0.280. The van der Waals surface area contributed by atoms with E-state index in [4.69, 9.17) is 18.9 Å². The Morgan fingerprint density at radius 1 is 1.26 bits per heavy atom. The lowest BCUT2D eigenvalue weighted by Gasteiger charge is -2.44. The summed E-state index contributed by atoms with van der Waals surface area (Å²) in [6.45, 7) is 2.91. The van der Waals surface area contributed by atoms with Crippen LogP contribution < -0.4 is 0 Å². The molecule has 1 aliphatic carbocycles. The largest absolute Gasteiger partial charge is 0.393 e. The lowest BCUT2D eigenvalue weighted by Crippen LogP contribution is -2.63. The third-order valence-corrected chi connectivity index (χ3v) is 3.62. The molecule has 0 aromatic rings. The maximum absolute atomic E-state index is 10.3. The van der Waals surface area contributed by atoms with Crippen LogP contribution in [0.1, 0.15) is 20.3 Å². The summed E-state index contributed by atoms with van der Waals surface area (Å²) >= 11 is 0. The summed E-state index contributed by atoms with van der Waals surface area (Å²) < 4.78 is 21.6. The fourth-order valence-electron chi connectivity index (χ4n) is 2.71. The smallest absolute Gasteiger partial charge is 0.164 e. The van der Waals surface area contributed by atoms with Gasteiger partial charge in [0.1, 0.15) is 30.7 Å². The van der Waals surface area contributed by atoms with Crippen LogP contribution in [0.5, 0.6) is 0 Å². The van der Waals surface area contributed by atoms with Gasteiger partial charge in [-0.05, 0) is 13.8 Å². The van der Waals surface area contributed by atoms with Crippen LogP contribution in [0.2, 0.25) is 0 Å². The van der Waals surface area contributed by atoms with E-state index in [0.717, 1.165) is 0 Å². The third-order valence-electron chi connectivity index (χ3n) is 3.62. The molecule has 0 radical (unpaired) electrons. The average molecular weight is 278 g/mol. The van der Waals surface area contributed by atoms with Gasteiger partial charge in [0.05, 0.1) is 12.7 Å². The molecule has 1 aliphatic heterocycles. The first-order chi connectivity index (χ1) is 8.83. The van der Waals surface area contributed by atoms with Crippen molar-refractivity contribution in [2.75, 3.05) is 20.5 Å². The lowest BCUT2D eigenvalue weighted by molar-refractivity contribution is -0.222. The van der Waals surface area contributed by atoms with E-state index in [1.165, 1.54) is 7.11 Å². The standard InChI is InChI=1S/C12H22O7/c1-11(2)18-8-7(17-6-16-3)4-12(15,5-13)10(14)9(8)19-11/h7-10,13-15H,4-6H2,1-3H3. The molecule has 5 atom stereocenters. The van der Waals surface area contributed by atoms with Crippen LogP contribution in [0, 0.1) is 0 Å². The number of rotatable bonds is 4. The molecule has 5 unspecified atom stereocenters. The minimum Gasteiger partial charge on any atom is -0.393 e. The van der Waals surface area contributed by atoms with E-state index in [0.29, 0.717) is 0 Å². The normalized spacial score (nSPS) is 45.2. The first-order valence-electron chi connectivity index (χ1n) is 6.30. The number of ether oxygens (including phenoxy) is 4. The monoisotopic (exact) mass is 278 g/mol. The molecular weight excluding hydrogens is 256 g/mol. The van der Waals surface area contributed by atoms with Gasteiger partial charge < -0.3 is 34.3 Å². The average Bonchev–Trinajstić information content (AvgIpc) is 2.68. The predicted octanol–water partition coefficient (Wildman–Crippen LogP) is -1.02. The number of fused-ring (bicyclic) bond motifs is 1. The second-order valence-corrected chi connectivity index (χ2v) is 5.59. The maximum Gasteiger partial charge on any atom is 0.164 e. The number of hydrogen-bond donors (Lipinski definition) is 3. The van der Waals surface area contributed by atoms with Gasteiger partial charge in [-0.3, -0.25) is 0 Å². The van der Waals surface area contributed by atoms with Gasteiger partial charge in [0.15, 0.2) is 5.79 Å². The molecule has 0 aromatic carbocycles. The fourth-order valence-corrected chi connectivity index (χ4v) is 2.71. The summed E-state index contributed by atoms with van der Waals surface area (Å²) in [5.41, 5.74) is -1.66. The minimum atomic E-state index is -1.66. The van der Waals surface area contributed by atoms with E-state index in [1.807, 2.05) is 0 Å².